The molecule has 1 amide bonds. The Kier molecular flexibility index (Phi) is 9.58. The Morgan fingerprint density at radius 1 is 1.14 bits per heavy atom. The first-order chi connectivity index (χ1) is 21.1. The molecule has 1 aliphatic rings. The molecule has 1 unspecified atom stereocenters. The number of aromatic nitrogens is 5. The Hall–Kier alpha value is -3.92. The van der Waals surface area contributed by atoms with Crippen molar-refractivity contribution in [3.63, 3.8) is 0 Å². The maximum atomic E-state index is 13.5. The van der Waals surface area contributed by atoms with Gasteiger partial charge >= 0.3 is 12.1 Å². The number of thiophene rings is 1. The molecule has 5 rings (SSSR count). The van der Waals surface area contributed by atoms with E-state index in [0.717, 1.165) is 33.6 Å². The van der Waals surface area contributed by atoms with E-state index in [2.05, 4.69) is 25.5 Å². The average Bonchev–Trinajstić information content (AvgIpc) is 3.63. The second-order valence-electron chi connectivity index (χ2n) is 9.98. The highest BCUT2D eigenvalue weighted by Gasteiger charge is 2.40. The quantitative estimate of drug-likeness (QED) is 0.233. The number of thioether (sulfide) groups is 1. The third kappa shape index (κ3) is 6.90. The maximum Gasteiger partial charge on any atom is 0.451 e. The van der Waals surface area contributed by atoms with Crippen LogP contribution in [0.4, 0.5) is 19.0 Å². The maximum absolute atomic E-state index is 13.5. The predicted octanol–water partition coefficient (Wildman–Crippen LogP) is 4.49. The summed E-state index contributed by atoms with van der Waals surface area (Å²) in [5, 5.41) is 10.5. The number of hydrogen-bond acceptors (Lipinski definition) is 11. The Bertz CT molecular complexity index is 1640. The number of nitrogens with one attached hydrogen (secondary N) is 1. The molecule has 16 heteroatoms. The molecule has 11 nitrogen and oxygen atoms in total. The number of fused-ring (bicyclic) bond motifs is 2. The second-order valence-corrected chi connectivity index (χ2v) is 12.1. The van der Waals surface area contributed by atoms with Crippen LogP contribution in [0.3, 0.4) is 0 Å². The second kappa shape index (κ2) is 13.4. The van der Waals surface area contributed by atoms with Crippen LogP contribution in [0.25, 0.3) is 10.2 Å². The zero-order valence-electron chi connectivity index (χ0n) is 24.2. The highest BCUT2D eigenvalue weighted by atomic mass is 32.2. The normalized spacial score (nSPS) is 13.9. The molecular formula is C28H30F3N7O4S2. The SMILES string of the molecule is CCCc1cc2c(N3CCn4c(nnc4C(F)(F)F)C3)nc(C(=O)NC(CSCc3ccc(OC)cc3)C(=O)OC)nc2s1. The number of benzene rings is 1. The summed E-state index contributed by atoms with van der Waals surface area (Å²) >= 11 is 2.87. The summed E-state index contributed by atoms with van der Waals surface area (Å²) in [4.78, 5) is 38.5. The first-order valence-electron chi connectivity index (χ1n) is 13.7. The minimum Gasteiger partial charge on any atom is -0.497 e. The number of anilines is 1. The minimum absolute atomic E-state index is 0.00795. The van der Waals surface area contributed by atoms with Crippen molar-refractivity contribution >= 4 is 51.0 Å². The third-order valence-electron chi connectivity index (χ3n) is 6.93. The number of carbonyl (C=O) groups is 2. The molecular weight excluding hydrogens is 619 g/mol. The highest BCUT2D eigenvalue weighted by molar-refractivity contribution is 7.98. The topological polar surface area (TPSA) is 124 Å². The van der Waals surface area contributed by atoms with Crippen LogP contribution in [-0.2, 0) is 41.0 Å². The van der Waals surface area contributed by atoms with E-state index in [1.165, 1.54) is 30.2 Å². The highest BCUT2D eigenvalue weighted by Crippen LogP contribution is 2.35. The largest absolute Gasteiger partial charge is 0.497 e. The van der Waals surface area contributed by atoms with Crippen LogP contribution in [0.5, 0.6) is 5.75 Å². The molecule has 0 aliphatic carbocycles. The van der Waals surface area contributed by atoms with Crippen LogP contribution in [0.1, 0.15) is 46.1 Å². The zero-order chi connectivity index (χ0) is 31.4. The summed E-state index contributed by atoms with van der Waals surface area (Å²) in [6.45, 7) is 2.24. The fourth-order valence-electron chi connectivity index (χ4n) is 4.77. The number of carbonyl (C=O) groups excluding carboxylic acids is 2. The lowest BCUT2D eigenvalue weighted by molar-refractivity contribution is -0.147. The van der Waals surface area contributed by atoms with E-state index in [-0.39, 0.29) is 37.0 Å². The molecule has 1 atom stereocenters. The summed E-state index contributed by atoms with van der Waals surface area (Å²) in [7, 11) is 2.84. The van der Waals surface area contributed by atoms with Crippen LogP contribution in [0, 0.1) is 0 Å². The van der Waals surface area contributed by atoms with Gasteiger partial charge in [-0.05, 0) is 30.2 Å². The van der Waals surface area contributed by atoms with Gasteiger partial charge in [-0.2, -0.15) is 24.9 Å². The molecule has 4 heterocycles. The van der Waals surface area contributed by atoms with Gasteiger partial charge in [0.2, 0.25) is 11.6 Å². The molecule has 44 heavy (non-hydrogen) atoms. The number of hydrogen-bond donors (Lipinski definition) is 1. The summed E-state index contributed by atoms with van der Waals surface area (Å²) in [6.07, 6.45) is -2.93. The molecule has 0 bridgehead atoms. The van der Waals surface area contributed by atoms with Crippen molar-refractivity contribution in [1.82, 2.24) is 30.0 Å². The molecule has 1 aromatic carbocycles. The fourth-order valence-corrected chi connectivity index (χ4v) is 6.89. The van der Waals surface area contributed by atoms with Crippen LogP contribution >= 0.6 is 23.1 Å². The Balaban J connectivity index is 1.38. The standard InChI is InChI=1S/C28H30F3N7O4S2/c1-4-5-18-12-19-23(37-10-11-38-21(13-37)35-36-27(38)28(29,30)31)33-22(34-25(19)44-18)24(39)32-20(26(40)42-3)15-43-14-16-6-8-17(41-2)9-7-16/h6-9,12,20H,4-5,10-11,13-15H2,1-3H3,(H,32,39). The van der Waals surface area contributed by atoms with Gasteiger partial charge in [0.15, 0.2) is 5.82 Å². The summed E-state index contributed by atoms with van der Waals surface area (Å²) in [5.74, 6) is -0.366. The number of esters is 1. The van der Waals surface area contributed by atoms with Crippen molar-refractivity contribution in [2.24, 2.45) is 0 Å². The lowest BCUT2D eigenvalue weighted by Gasteiger charge is -2.29. The molecule has 0 radical (unpaired) electrons. The van der Waals surface area contributed by atoms with Gasteiger partial charge in [0.25, 0.3) is 5.91 Å². The molecule has 3 aromatic heterocycles. The summed E-state index contributed by atoms with van der Waals surface area (Å²) in [5.41, 5.74) is 1.02. The first kappa shape index (κ1) is 31.5. The van der Waals surface area contributed by atoms with Crippen molar-refractivity contribution in [3.8, 4) is 5.75 Å². The van der Waals surface area contributed by atoms with Gasteiger partial charge < -0.3 is 24.3 Å². The van der Waals surface area contributed by atoms with Crippen molar-refractivity contribution in [2.75, 3.05) is 31.4 Å². The van der Waals surface area contributed by atoms with Crippen molar-refractivity contribution in [1.29, 1.82) is 0 Å². The zero-order valence-corrected chi connectivity index (χ0v) is 25.8. The molecule has 0 saturated carbocycles. The smallest absolute Gasteiger partial charge is 0.451 e. The van der Waals surface area contributed by atoms with E-state index in [4.69, 9.17) is 9.47 Å². The van der Waals surface area contributed by atoms with Crippen molar-refractivity contribution < 1.29 is 32.2 Å². The summed E-state index contributed by atoms with van der Waals surface area (Å²) < 4.78 is 51.4. The lowest BCUT2D eigenvalue weighted by Crippen LogP contribution is -2.44. The van der Waals surface area contributed by atoms with E-state index in [0.29, 0.717) is 21.8 Å². The number of ether oxygens (including phenoxy) is 2. The Morgan fingerprint density at radius 3 is 2.59 bits per heavy atom. The first-order valence-corrected chi connectivity index (χ1v) is 15.7. The Labute approximate surface area is 259 Å². The fraction of sp³-hybridized carbons (Fsp3) is 0.429. The van der Waals surface area contributed by atoms with Crippen molar-refractivity contribution in [2.45, 2.75) is 50.8 Å². The van der Waals surface area contributed by atoms with Gasteiger partial charge in [0, 0.05) is 29.5 Å². The third-order valence-corrected chi connectivity index (χ3v) is 9.13. The monoisotopic (exact) mass is 649 g/mol. The van der Waals surface area contributed by atoms with Crippen LogP contribution in [0.2, 0.25) is 0 Å². The average molecular weight is 650 g/mol. The molecule has 1 N–H and O–H groups in total. The lowest BCUT2D eigenvalue weighted by atomic mass is 10.2. The van der Waals surface area contributed by atoms with Gasteiger partial charge in [-0.25, -0.2) is 14.8 Å². The number of halogens is 3. The van der Waals surface area contributed by atoms with Crippen LogP contribution in [-0.4, -0.2) is 69.2 Å². The Morgan fingerprint density at radius 2 is 1.91 bits per heavy atom. The van der Waals surface area contributed by atoms with E-state index in [9.17, 15) is 22.8 Å². The van der Waals surface area contributed by atoms with Gasteiger partial charge in [-0.3, -0.25) is 4.79 Å². The van der Waals surface area contributed by atoms with Crippen molar-refractivity contribution in [3.05, 3.63) is 58.2 Å². The van der Waals surface area contributed by atoms with Gasteiger partial charge in [0.1, 0.15) is 22.4 Å². The number of aryl methyl sites for hydroxylation is 1. The van der Waals surface area contributed by atoms with Crippen LogP contribution in [0.15, 0.2) is 30.3 Å². The summed E-state index contributed by atoms with van der Waals surface area (Å²) in [6, 6.07) is 8.52. The molecule has 4 aromatic rings. The number of amides is 1. The molecule has 0 saturated heterocycles. The van der Waals surface area contributed by atoms with E-state index in [1.807, 2.05) is 37.3 Å². The number of methoxy groups -OCH3 is 2. The van der Waals surface area contributed by atoms with Gasteiger partial charge in [-0.1, -0.05) is 25.5 Å². The molecule has 234 valence electrons. The van der Waals surface area contributed by atoms with E-state index >= 15 is 0 Å². The van der Waals surface area contributed by atoms with Gasteiger partial charge in [-0.15, -0.1) is 21.5 Å². The van der Waals surface area contributed by atoms with E-state index < -0.39 is 29.9 Å². The minimum atomic E-state index is -4.62. The number of alkyl halides is 3. The number of nitrogens with zero attached hydrogens (tertiary/aromatic N) is 6. The van der Waals surface area contributed by atoms with Gasteiger partial charge in [0.05, 0.1) is 26.2 Å². The molecule has 0 spiro atoms. The number of rotatable bonds is 11. The van der Waals surface area contributed by atoms with Crippen LogP contribution < -0.4 is 15.0 Å². The van der Waals surface area contributed by atoms with E-state index in [1.54, 1.807) is 12.0 Å². The predicted molar refractivity (Wildman–Crippen MR) is 160 cm³/mol. The molecule has 0 fully saturated rings. The molecule has 1 aliphatic heterocycles.